The Labute approximate surface area is 198 Å². The van der Waals surface area contributed by atoms with Crippen LogP contribution in [0.2, 0.25) is 5.02 Å². The number of halogens is 2. The van der Waals surface area contributed by atoms with E-state index in [2.05, 4.69) is 15.6 Å². The Kier molecular flexibility index (Phi) is 7.42. The fourth-order valence-corrected chi connectivity index (χ4v) is 4.99. The minimum absolute atomic E-state index is 0.00898. The van der Waals surface area contributed by atoms with Gasteiger partial charge in [-0.1, -0.05) is 11.6 Å². The molecule has 1 aliphatic heterocycles. The number of hydrogen-bond donors (Lipinski definition) is 2. The number of nitrogens with zero attached hydrogens (tertiary/aromatic N) is 3. The molecular formula is C24H29ClFN5O2. The molecule has 2 heterocycles. The normalized spacial score (nSPS) is 23.1. The van der Waals surface area contributed by atoms with Crippen molar-refractivity contribution in [1.29, 1.82) is 0 Å². The molecule has 7 nitrogen and oxygen atoms in total. The van der Waals surface area contributed by atoms with Gasteiger partial charge in [0.15, 0.2) is 0 Å². The standard InChI is InChI=1S/C24H29ClFN5O2/c1-15(32)28-19-8-10-20(11-9-19)29-24-27-13-21(25)22(30-24)17-3-2-12-31(14-17)23(33)16-4-6-18(26)7-5-16/h4-7,13,17,19-20H,2-3,8-12,14H2,1H3,(H,28,32)(H,27,29,30). The van der Waals surface area contributed by atoms with E-state index in [4.69, 9.17) is 16.6 Å². The Morgan fingerprint density at radius 3 is 2.48 bits per heavy atom. The predicted octanol–water partition coefficient (Wildman–Crippen LogP) is 4.15. The van der Waals surface area contributed by atoms with Crippen molar-refractivity contribution in [2.24, 2.45) is 0 Å². The molecule has 33 heavy (non-hydrogen) atoms. The van der Waals surface area contributed by atoms with Crippen molar-refractivity contribution in [2.75, 3.05) is 18.4 Å². The molecule has 2 N–H and O–H groups in total. The highest BCUT2D eigenvalue weighted by molar-refractivity contribution is 6.31. The fraction of sp³-hybridized carbons (Fsp3) is 0.500. The maximum absolute atomic E-state index is 13.2. The summed E-state index contributed by atoms with van der Waals surface area (Å²) in [5, 5.41) is 6.90. The van der Waals surface area contributed by atoms with E-state index in [1.165, 1.54) is 24.3 Å². The lowest BCUT2D eigenvalue weighted by atomic mass is 9.91. The SMILES string of the molecule is CC(=O)NC1CCC(Nc2ncc(Cl)c(C3CCCN(C(=O)c4ccc(F)cc4)C3)n2)CC1. The van der Waals surface area contributed by atoms with Gasteiger partial charge in [0.2, 0.25) is 11.9 Å². The highest BCUT2D eigenvalue weighted by Crippen LogP contribution is 2.32. The molecule has 0 bridgehead atoms. The van der Waals surface area contributed by atoms with Gasteiger partial charge in [-0.3, -0.25) is 9.59 Å². The summed E-state index contributed by atoms with van der Waals surface area (Å²) in [5.74, 6) is 0.0872. The van der Waals surface area contributed by atoms with Gasteiger partial charge in [0, 0.05) is 43.6 Å². The maximum Gasteiger partial charge on any atom is 0.253 e. The molecule has 0 radical (unpaired) electrons. The Balaban J connectivity index is 1.40. The third-order valence-electron chi connectivity index (χ3n) is 6.43. The van der Waals surface area contributed by atoms with Crippen LogP contribution in [0.4, 0.5) is 10.3 Å². The topological polar surface area (TPSA) is 87.2 Å². The molecule has 2 amide bonds. The summed E-state index contributed by atoms with van der Waals surface area (Å²) < 4.78 is 13.2. The van der Waals surface area contributed by atoms with Crippen LogP contribution in [0.15, 0.2) is 30.5 Å². The van der Waals surface area contributed by atoms with E-state index < -0.39 is 0 Å². The van der Waals surface area contributed by atoms with E-state index in [1.54, 1.807) is 18.0 Å². The van der Waals surface area contributed by atoms with Crippen LogP contribution in [0.25, 0.3) is 0 Å². The molecule has 1 saturated heterocycles. The minimum atomic E-state index is -0.362. The Morgan fingerprint density at radius 2 is 1.79 bits per heavy atom. The van der Waals surface area contributed by atoms with E-state index in [1.807, 2.05) is 0 Å². The van der Waals surface area contributed by atoms with E-state index in [-0.39, 0.29) is 35.6 Å². The Bertz CT molecular complexity index is 995. The third kappa shape index (κ3) is 5.99. The summed E-state index contributed by atoms with van der Waals surface area (Å²) in [6.45, 7) is 2.71. The number of carbonyl (C=O) groups excluding carboxylic acids is 2. The molecule has 0 spiro atoms. The summed E-state index contributed by atoms with van der Waals surface area (Å²) in [6, 6.07) is 6.11. The van der Waals surface area contributed by atoms with Gasteiger partial charge in [-0.2, -0.15) is 0 Å². The summed E-state index contributed by atoms with van der Waals surface area (Å²) in [7, 11) is 0. The lowest BCUT2D eigenvalue weighted by Crippen LogP contribution is -2.40. The number of amides is 2. The van der Waals surface area contributed by atoms with Crippen LogP contribution in [-0.4, -0.2) is 51.9 Å². The second kappa shape index (κ2) is 10.5. The first kappa shape index (κ1) is 23.4. The van der Waals surface area contributed by atoms with Gasteiger partial charge in [0.1, 0.15) is 5.82 Å². The molecule has 2 aliphatic rings. The number of piperidine rings is 1. The van der Waals surface area contributed by atoms with Gasteiger partial charge < -0.3 is 15.5 Å². The fourth-order valence-electron chi connectivity index (χ4n) is 4.75. The van der Waals surface area contributed by atoms with Crippen LogP contribution in [0, 0.1) is 5.82 Å². The van der Waals surface area contributed by atoms with Gasteiger partial charge in [-0.05, 0) is 62.8 Å². The number of aromatic nitrogens is 2. The number of hydrogen-bond acceptors (Lipinski definition) is 5. The van der Waals surface area contributed by atoms with E-state index in [9.17, 15) is 14.0 Å². The van der Waals surface area contributed by atoms with E-state index in [0.717, 1.165) is 44.2 Å². The molecule has 1 unspecified atom stereocenters. The number of carbonyl (C=O) groups is 2. The predicted molar refractivity (Wildman–Crippen MR) is 125 cm³/mol. The molecule has 1 atom stereocenters. The van der Waals surface area contributed by atoms with Crippen molar-refractivity contribution in [3.63, 3.8) is 0 Å². The molecular weight excluding hydrogens is 445 g/mol. The summed E-state index contributed by atoms with van der Waals surface area (Å²) in [6.07, 6.45) is 7.03. The van der Waals surface area contributed by atoms with Gasteiger partial charge >= 0.3 is 0 Å². The molecule has 9 heteroatoms. The summed E-state index contributed by atoms with van der Waals surface area (Å²) in [5.41, 5.74) is 1.22. The second-order valence-corrected chi connectivity index (χ2v) is 9.32. The van der Waals surface area contributed by atoms with Gasteiger partial charge in [0.05, 0.1) is 16.9 Å². The van der Waals surface area contributed by atoms with Crippen LogP contribution in [0.1, 0.15) is 67.4 Å². The number of anilines is 1. The molecule has 2 fully saturated rings. The van der Waals surface area contributed by atoms with Crippen LogP contribution in [0.5, 0.6) is 0 Å². The number of rotatable bonds is 5. The molecule has 1 aromatic carbocycles. The molecule has 1 aliphatic carbocycles. The highest BCUT2D eigenvalue weighted by atomic mass is 35.5. The maximum atomic E-state index is 13.2. The highest BCUT2D eigenvalue weighted by Gasteiger charge is 2.29. The molecule has 176 valence electrons. The minimum Gasteiger partial charge on any atom is -0.354 e. The van der Waals surface area contributed by atoms with Gasteiger partial charge in [-0.15, -0.1) is 0 Å². The first-order valence-corrected chi connectivity index (χ1v) is 11.9. The lowest BCUT2D eigenvalue weighted by molar-refractivity contribution is -0.119. The van der Waals surface area contributed by atoms with Crippen LogP contribution in [0.3, 0.4) is 0 Å². The largest absolute Gasteiger partial charge is 0.354 e. The smallest absolute Gasteiger partial charge is 0.253 e. The first-order chi connectivity index (χ1) is 15.9. The van der Waals surface area contributed by atoms with E-state index >= 15 is 0 Å². The first-order valence-electron chi connectivity index (χ1n) is 11.5. The lowest BCUT2D eigenvalue weighted by Gasteiger charge is -2.33. The van der Waals surface area contributed by atoms with E-state index in [0.29, 0.717) is 29.6 Å². The van der Waals surface area contributed by atoms with Crippen molar-refractivity contribution < 1.29 is 14.0 Å². The summed E-state index contributed by atoms with van der Waals surface area (Å²) >= 11 is 6.46. The number of nitrogens with one attached hydrogen (secondary N) is 2. The van der Waals surface area contributed by atoms with Gasteiger partial charge in [0.25, 0.3) is 5.91 Å². The number of likely N-dealkylation sites (tertiary alicyclic amines) is 1. The van der Waals surface area contributed by atoms with Crippen LogP contribution in [-0.2, 0) is 4.79 Å². The average molecular weight is 474 g/mol. The van der Waals surface area contributed by atoms with Crippen molar-refractivity contribution in [2.45, 2.75) is 63.5 Å². The molecule has 4 rings (SSSR count). The quantitative estimate of drug-likeness (QED) is 0.681. The second-order valence-electron chi connectivity index (χ2n) is 8.92. The third-order valence-corrected chi connectivity index (χ3v) is 6.72. The molecule has 1 saturated carbocycles. The monoisotopic (exact) mass is 473 g/mol. The van der Waals surface area contributed by atoms with Crippen LogP contribution < -0.4 is 10.6 Å². The van der Waals surface area contributed by atoms with Crippen molar-refractivity contribution >= 4 is 29.4 Å². The Morgan fingerprint density at radius 1 is 1.09 bits per heavy atom. The van der Waals surface area contributed by atoms with Crippen molar-refractivity contribution in [3.05, 3.63) is 52.6 Å². The molecule has 1 aromatic heterocycles. The zero-order valence-electron chi connectivity index (χ0n) is 18.7. The average Bonchev–Trinajstić information content (AvgIpc) is 2.81. The van der Waals surface area contributed by atoms with Crippen molar-refractivity contribution in [3.8, 4) is 0 Å². The zero-order valence-corrected chi connectivity index (χ0v) is 19.4. The van der Waals surface area contributed by atoms with Crippen molar-refractivity contribution in [1.82, 2.24) is 20.2 Å². The Hall–Kier alpha value is -2.74. The summed E-state index contributed by atoms with van der Waals surface area (Å²) in [4.78, 5) is 35.0. The number of benzene rings is 1. The zero-order chi connectivity index (χ0) is 23.4. The van der Waals surface area contributed by atoms with Crippen LogP contribution >= 0.6 is 11.6 Å². The van der Waals surface area contributed by atoms with Gasteiger partial charge in [-0.25, -0.2) is 14.4 Å². The molecule has 2 aromatic rings.